The number of amides is 1. The number of nitrogens with one attached hydrogen (secondary N) is 1. The van der Waals surface area contributed by atoms with E-state index in [1.807, 2.05) is 18.2 Å². The van der Waals surface area contributed by atoms with Crippen LogP contribution < -0.4 is 11.1 Å². The minimum absolute atomic E-state index is 0.144. The van der Waals surface area contributed by atoms with E-state index in [4.69, 9.17) is 5.73 Å². The molecule has 1 aliphatic carbocycles. The normalized spacial score (nSPS) is 21.4. The first-order valence-electron chi connectivity index (χ1n) is 7.26. The van der Waals surface area contributed by atoms with Crippen LogP contribution in [0.15, 0.2) is 36.7 Å². The Kier molecular flexibility index (Phi) is 3.96. The average molecular weight is 285 g/mol. The topological polar surface area (TPSA) is 85.8 Å². The van der Waals surface area contributed by atoms with Crippen molar-refractivity contribution < 1.29 is 4.79 Å². The van der Waals surface area contributed by atoms with Gasteiger partial charge in [0.15, 0.2) is 5.82 Å². The van der Waals surface area contributed by atoms with E-state index in [9.17, 15) is 4.79 Å². The molecule has 6 nitrogen and oxygen atoms in total. The van der Waals surface area contributed by atoms with Crippen LogP contribution in [0.25, 0.3) is 5.82 Å². The monoisotopic (exact) mass is 285 g/mol. The predicted molar refractivity (Wildman–Crippen MR) is 79.0 cm³/mol. The number of nitrogens with two attached hydrogens (primary N) is 1. The lowest BCUT2D eigenvalue weighted by Gasteiger charge is -2.19. The van der Waals surface area contributed by atoms with Gasteiger partial charge in [0.25, 0.3) is 5.91 Å². The Bertz CT molecular complexity index is 610. The number of pyridine rings is 1. The van der Waals surface area contributed by atoms with E-state index < -0.39 is 0 Å². The molecule has 1 saturated carbocycles. The van der Waals surface area contributed by atoms with Gasteiger partial charge in [-0.15, -0.1) is 0 Å². The summed E-state index contributed by atoms with van der Waals surface area (Å²) in [5, 5.41) is 7.18. The zero-order valence-electron chi connectivity index (χ0n) is 11.8. The van der Waals surface area contributed by atoms with Crippen LogP contribution in [0.2, 0.25) is 0 Å². The molecule has 0 radical (unpaired) electrons. The van der Waals surface area contributed by atoms with Crippen molar-refractivity contribution in [1.82, 2.24) is 20.1 Å². The molecule has 3 rings (SSSR count). The number of nitrogens with zero attached hydrogens (tertiary/aromatic N) is 3. The summed E-state index contributed by atoms with van der Waals surface area (Å²) in [4.78, 5) is 16.7. The van der Waals surface area contributed by atoms with Crippen molar-refractivity contribution in [3.63, 3.8) is 0 Å². The van der Waals surface area contributed by atoms with Crippen molar-refractivity contribution in [3.05, 3.63) is 42.4 Å². The van der Waals surface area contributed by atoms with Crippen LogP contribution in [-0.4, -0.2) is 33.3 Å². The first-order chi connectivity index (χ1) is 10.3. The quantitative estimate of drug-likeness (QED) is 0.881. The van der Waals surface area contributed by atoms with Crippen LogP contribution in [0.5, 0.6) is 0 Å². The summed E-state index contributed by atoms with van der Waals surface area (Å²) in [6, 6.07) is 7.33. The van der Waals surface area contributed by atoms with Crippen LogP contribution in [-0.2, 0) is 0 Å². The summed E-state index contributed by atoms with van der Waals surface area (Å²) in [5.74, 6) is 0.868. The molecule has 0 aromatic carbocycles. The maximum atomic E-state index is 12.3. The lowest BCUT2D eigenvalue weighted by atomic mass is 10.0. The van der Waals surface area contributed by atoms with E-state index in [-0.39, 0.29) is 11.9 Å². The van der Waals surface area contributed by atoms with Crippen molar-refractivity contribution in [3.8, 4) is 5.82 Å². The van der Waals surface area contributed by atoms with Gasteiger partial charge in [-0.05, 0) is 43.5 Å². The van der Waals surface area contributed by atoms with Gasteiger partial charge in [0.1, 0.15) is 5.69 Å². The SMILES string of the molecule is NCC1CCCC1NC(=O)c1cccc(-n2cccn2)n1. The fourth-order valence-corrected chi connectivity index (χ4v) is 2.83. The smallest absolute Gasteiger partial charge is 0.270 e. The molecule has 21 heavy (non-hydrogen) atoms. The van der Waals surface area contributed by atoms with Crippen LogP contribution in [0.3, 0.4) is 0 Å². The van der Waals surface area contributed by atoms with E-state index >= 15 is 0 Å². The minimum atomic E-state index is -0.144. The van der Waals surface area contributed by atoms with E-state index in [1.54, 1.807) is 23.1 Å². The lowest BCUT2D eigenvalue weighted by Crippen LogP contribution is -2.40. The zero-order chi connectivity index (χ0) is 14.7. The van der Waals surface area contributed by atoms with Gasteiger partial charge >= 0.3 is 0 Å². The van der Waals surface area contributed by atoms with Crippen LogP contribution in [0, 0.1) is 5.92 Å². The van der Waals surface area contributed by atoms with Gasteiger partial charge in [-0.25, -0.2) is 9.67 Å². The number of carbonyl (C=O) groups is 1. The van der Waals surface area contributed by atoms with Crippen molar-refractivity contribution in [2.75, 3.05) is 6.54 Å². The van der Waals surface area contributed by atoms with Crippen molar-refractivity contribution >= 4 is 5.91 Å². The number of carbonyl (C=O) groups excluding carboxylic acids is 1. The Morgan fingerprint density at radius 1 is 1.38 bits per heavy atom. The van der Waals surface area contributed by atoms with Gasteiger partial charge < -0.3 is 11.1 Å². The molecule has 2 atom stereocenters. The third-order valence-electron chi connectivity index (χ3n) is 3.98. The summed E-state index contributed by atoms with van der Waals surface area (Å²) in [6.07, 6.45) is 6.67. The molecule has 110 valence electrons. The van der Waals surface area contributed by atoms with E-state index in [0.717, 1.165) is 19.3 Å². The maximum absolute atomic E-state index is 12.3. The molecule has 1 fully saturated rings. The third-order valence-corrected chi connectivity index (χ3v) is 3.98. The lowest BCUT2D eigenvalue weighted by molar-refractivity contribution is 0.0923. The molecule has 2 aromatic rings. The first kappa shape index (κ1) is 13.8. The van der Waals surface area contributed by atoms with E-state index in [2.05, 4.69) is 15.4 Å². The highest BCUT2D eigenvalue weighted by molar-refractivity contribution is 5.92. The Balaban J connectivity index is 1.74. The number of aromatic nitrogens is 3. The summed E-state index contributed by atoms with van der Waals surface area (Å²) >= 11 is 0. The predicted octanol–water partition coefficient (Wildman–Crippen LogP) is 1.12. The molecule has 3 N–H and O–H groups in total. The average Bonchev–Trinajstić information content (AvgIpc) is 3.18. The molecular formula is C15H19N5O. The third kappa shape index (κ3) is 2.95. The molecule has 0 aliphatic heterocycles. The molecule has 2 heterocycles. The Morgan fingerprint density at radius 3 is 3.05 bits per heavy atom. The molecule has 1 aliphatic rings. The summed E-state index contributed by atoms with van der Waals surface area (Å²) in [6.45, 7) is 0.617. The molecule has 2 unspecified atom stereocenters. The summed E-state index contributed by atoms with van der Waals surface area (Å²) in [5.41, 5.74) is 6.16. The van der Waals surface area contributed by atoms with E-state index in [1.165, 1.54) is 0 Å². The van der Waals surface area contributed by atoms with Gasteiger partial charge in [0.05, 0.1) is 0 Å². The fourth-order valence-electron chi connectivity index (χ4n) is 2.83. The Labute approximate surface area is 123 Å². The van der Waals surface area contributed by atoms with Gasteiger partial charge in [-0.1, -0.05) is 12.5 Å². The standard InChI is InChI=1S/C15H19N5O/c16-10-11-4-1-5-12(11)19-15(21)13-6-2-7-14(18-13)20-9-3-8-17-20/h2-3,6-9,11-12H,1,4-5,10,16H2,(H,19,21). The number of hydrogen-bond acceptors (Lipinski definition) is 4. The second-order valence-corrected chi connectivity index (χ2v) is 5.34. The molecular weight excluding hydrogens is 266 g/mol. The highest BCUT2D eigenvalue weighted by atomic mass is 16.1. The van der Waals surface area contributed by atoms with Gasteiger partial charge in [0, 0.05) is 18.4 Å². The van der Waals surface area contributed by atoms with Crippen molar-refractivity contribution in [2.45, 2.75) is 25.3 Å². The molecule has 0 bridgehead atoms. The van der Waals surface area contributed by atoms with Gasteiger partial charge in [0.2, 0.25) is 0 Å². The molecule has 2 aromatic heterocycles. The zero-order valence-corrected chi connectivity index (χ0v) is 11.8. The molecule has 1 amide bonds. The Morgan fingerprint density at radius 2 is 2.29 bits per heavy atom. The van der Waals surface area contributed by atoms with E-state index in [0.29, 0.717) is 24.0 Å². The second-order valence-electron chi connectivity index (χ2n) is 5.34. The minimum Gasteiger partial charge on any atom is -0.348 e. The number of hydrogen-bond donors (Lipinski definition) is 2. The molecule has 0 saturated heterocycles. The van der Waals surface area contributed by atoms with Crippen LogP contribution in [0.4, 0.5) is 0 Å². The summed E-state index contributed by atoms with van der Waals surface area (Å²) < 4.78 is 1.63. The molecule has 6 heteroatoms. The maximum Gasteiger partial charge on any atom is 0.270 e. The van der Waals surface area contributed by atoms with Gasteiger partial charge in [-0.2, -0.15) is 5.10 Å². The highest BCUT2D eigenvalue weighted by Crippen LogP contribution is 2.24. The summed E-state index contributed by atoms with van der Waals surface area (Å²) in [7, 11) is 0. The second kappa shape index (κ2) is 6.05. The highest BCUT2D eigenvalue weighted by Gasteiger charge is 2.27. The van der Waals surface area contributed by atoms with Crippen LogP contribution >= 0.6 is 0 Å². The van der Waals surface area contributed by atoms with Gasteiger partial charge in [-0.3, -0.25) is 4.79 Å². The van der Waals surface area contributed by atoms with Crippen molar-refractivity contribution in [1.29, 1.82) is 0 Å². The largest absolute Gasteiger partial charge is 0.348 e. The Hall–Kier alpha value is -2.21. The number of rotatable bonds is 4. The molecule has 0 spiro atoms. The first-order valence-corrected chi connectivity index (χ1v) is 7.26. The van der Waals surface area contributed by atoms with Crippen LogP contribution in [0.1, 0.15) is 29.8 Å². The van der Waals surface area contributed by atoms with Crippen molar-refractivity contribution in [2.24, 2.45) is 11.7 Å². The fraction of sp³-hybridized carbons (Fsp3) is 0.400.